The molecule has 0 bridgehead atoms. The van der Waals surface area contributed by atoms with E-state index in [-0.39, 0.29) is 5.76 Å². The summed E-state index contributed by atoms with van der Waals surface area (Å²) in [5.41, 5.74) is 0. The number of ether oxygens (including phenoxy) is 2. The molecule has 88 valence electrons. The fraction of sp³-hybridized carbons (Fsp3) is 0.727. The van der Waals surface area contributed by atoms with Crippen LogP contribution in [0.4, 0.5) is 0 Å². The minimum absolute atomic E-state index is 0.0483. The molecule has 4 nitrogen and oxygen atoms in total. The summed E-state index contributed by atoms with van der Waals surface area (Å²) in [6.45, 7) is 6.57. The predicted octanol–water partition coefficient (Wildman–Crippen LogP) is 2.55. The lowest BCUT2D eigenvalue weighted by atomic mass is 10.3. The van der Waals surface area contributed by atoms with Crippen molar-refractivity contribution < 1.29 is 19.4 Å². The second-order valence-electron chi connectivity index (χ2n) is 3.05. The molecule has 0 aliphatic rings. The molecule has 4 heteroatoms. The van der Waals surface area contributed by atoms with E-state index in [1.807, 2.05) is 20.8 Å². The number of rotatable bonds is 8. The minimum atomic E-state index is -1.06. The second kappa shape index (κ2) is 8.15. The molecule has 0 heterocycles. The first kappa shape index (κ1) is 13.8. The summed E-state index contributed by atoms with van der Waals surface area (Å²) in [5, 5.41) is 8.94. The fourth-order valence-corrected chi connectivity index (χ4v) is 1.08. The molecule has 0 aromatic carbocycles. The molecule has 0 radical (unpaired) electrons. The van der Waals surface area contributed by atoms with Crippen molar-refractivity contribution in [3.05, 3.63) is 11.5 Å². The minimum Gasteiger partial charge on any atom is -0.494 e. The van der Waals surface area contributed by atoms with E-state index in [0.717, 1.165) is 12.8 Å². The van der Waals surface area contributed by atoms with Crippen molar-refractivity contribution in [2.75, 3.05) is 13.2 Å². The van der Waals surface area contributed by atoms with Gasteiger partial charge in [0.25, 0.3) is 0 Å². The van der Waals surface area contributed by atoms with E-state index in [1.54, 1.807) is 0 Å². The Morgan fingerprint density at radius 2 is 1.87 bits per heavy atom. The van der Waals surface area contributed by atoms with Gasteiger partial charge in [-0.25, -0.2) is 4.79 Å². The molecule has 0 fully saturated rings. The van der Waals surface area contributed by atoms with Gasteiger partial charge < -0.3 is 14.6 Å². The molecule has 15 heavy (non-hydrogen) atoms. The second-order valence-corrected chi connectivity index (χ2v) is 3.05. The molecule has 0 saturated heterocycles. The van der Waals surface area contributed by atoms with Crippen molar-refractivity contribution in [2.45, 2.75) is 40.0 Å². The molecule has 0 spiro atoms. The molecular weight excluding hydrogens is 196 g/mol. The van der Waals surface area contributed by atoms with Crippen LogP contribution in [0.1, 0.15) is 40.0 Å². The molecule has 0 aromatic heterocycles. The Morgan fingerprint density at radius 1 is 1.20 bits per heavy atom. The highest BCUT2D eigenvalue weighted by Gasteiger charge is 2.16. The highest BCUT2D eigenvalue weighted by Crippen LogP contribution is 2.13. The summed E-state index contributed by atoms with van der Waals surface area (Å²) >= 11 is 0. The van der Waals surface area contributed by atoms with Gasteiger partial charge in [-0.15, -0.1) is 0 Å². The molecule has 0 atom stereocenters. The molecule has 0 aromatic rings. The van der Waals surface area contributed by atoms with Gasteiger partial charge in [0.1, 0.15) is 5.76 Å². The van der Waals surface area contributed by atoms with E-state index in [0.29, 0.717) is 25.4 Å². The number of unbranched alkanes of at least 4 members (excludes halogenated alkanes) is 1. The first-order valence-corrected chi connectivity index (χ1v) is 5.39. The van der Waals surface area contributed by atoms with Gasteiger partial charge in [-0.05, 0) is 13.3 Å². The summed E-state index contributed by atoms with van der Waals surface area (Å²) in [7, 11) is 0. The Bertz CT molecular complexity index is 221. The molecule has 0 unspecified atom stereocenters. The third-order valence-corrected chi connectivity index (χ3v) is 1.83. The van der Waals surface area contributed by atoms with Crippen LogP contribution in [0.3, 0.4) is 0 Å². The lowest BCUT2D eigenvalue weighted by Gasteiger charge is -2.12. The van der Waals surface area contributed by atoms with Gasteiger partial charge in [0.2, 0.25) is 5.76 Å². The number of carbonyl (C=O) groups is 1. The van der Waals surface area contributed by atoms with Crippen LogP contribution in [0.2, 0.25) is 0 Å². The predicted molar refractivity (Wildman–Crippen MR) is 57.4 cm³/mol. The van der Waals surface area contributed by atoms with Crippen molar-refractivity contribution in [3.8, 4) is 0 Å². The largest absolute Gasteiger partial charge is 0.494 e. The zero-order chi connectivity index (χ0) is 11.7. The Labute approximate surface area is 90.9 Å². The van der Waals surface area contributed by atoms with Gasteiger partial charge in [0, 0.05) is 6.42 Å². The van der Waals surface area contributed by atoms with E-state index < -0.39 is 5.97 Å². The van der Waals surface area contributed by atoms with Crippen LogP contribution in [0.25, 0.3) is 0 Å². The van der Waals surface area contributed by atoms with E-state index in [9.17, 15) is 4.79 Å². The highest BCUT2D eigenvalue weighted by atomic mass is 16.5. The Morgan fingerprint density at radius 3 is 2.27 bits per heavy atom. The first-order valence-electron chi connectivity index (χ1n) is 5.39. The van der Waals surface area contributed by atoms with Gasteiger partial charge in [0.15, 0.2) is 0 Å². The number of hydrogen-bond donors (Lipinski definition) is 1. The van der Waals surface area contributed by atoms with E-state index in [4.69, 9.17) is 14.6 Å². The zero-order valence-corrected chi connectivity index (χ0v) is 9.71. The molecule has 0 aliphatic carbocycles. The van der Waals surface area contributed by atoms with Gasteiger partial charge >= 0.3 is 5.97 Å². The number of allylic oxidation sites excluding steroid dienone is 1. The van der Waals surface area contributed by atoms with Gasteiger partial charge in [0.05, 0.1) is 13.2 Å². The van der Waals surface area contributed by atoms with E-state index in [2.05, 4.69) is 0 Å². The molecule has 1 N–H and O–H groups in total. The van der Waals surface area contributed by atoms with Crippen LogP contribution in [0, 0.1) is 0 Å². The van der Waals surface area contributed by atoms with Crippen LogP contribution in [0.15, 0.2) is 11.5 Å². The topological polar surface area (TPSA) is 55.8 Å². The number of carboxylic acids is 1. The lowest BCUT2D eigenvalue weighted by molar-refractivity contribution is -0.137. The van der Waals surface area contributed by atoms with E-state index in [1.165, 1.54) is 0 Å². The Hall–Kier alpha value is -1.19. The summed E-state index contributed by atoms with van der Waals surface area (Å²) in [6, 6.07) is 0. The lowest BCUT2D eigenvalue weighted by Crippen LogP contribution is -2.11. The maximum atomic E-state index is 10.9. The van der Waals surface area contributed by atoms with Crippen molar-refractivity contribution in [3.63, 3.8) is 0 Å². The van der Waals surface area contributed by atoms with Gasteiger partial charge in [-0.1, -0.05) is 20.3 Å². The van der Waals surface area contributed by atoms with Crippen LogP contribution < -0.4 is 0 Å². The average Bonchev–Trinajstić information content (AvgIpc) is 2.21. The average molecular weight is 216 g/mol. The molecular formula is C11H20O4. The quantitative estimate of drug-likeness (QED) is 0.385. The van der Waals surface area contributed by atoms with Crippen molar-refractivity contribution in [1.29, 1.82) is 0 Å². The third-order valence-electron chi connectivity index (χ3n) is 1.83. The van der Waals surface area contributed by atoms with Gasteiger partial charge in [-0.3, -0.25) is 0 Å². The van der Waals surface area contributed by atoms with Crippen LogP contribution in [0.5, 0.6) is 0 Å². The summed E-state index contributed by atoms with van der Waals surface area (Å²) in [5.74, 6) is -0.690. The van der Waals surface area contributed by atoms with Crippen molar-refractivity contribution in [1.82, 2.24) is 0 Å². The smallest absolute Gasteiger partial charge is 0.374 e. The Kier molecular flexibility index (Phi) is 7.50. The van der Waals surface area contributed by atoms with Crippen LogP contribution in [-0.4, -0.2) is 24.3 Å². The number of carboxylic acid groups (broad SMARTS) is 1. The monoisotopic (exact) mass is 216 g/mol. The zero-order valence-electron chi connectivity index (χ0n) is 9.71. The molecule has 0 amide bonds. The standard InChI is InChI=1S/C11H20O4/c1-4-7-8-15-10(11(12)13)9(5-2)14-6-3/h4-8H2,1-3H3,(H,12,13)/b10-9+. The summed E-state index contributed by atoms with van der Waals surface area (Å²) in [4.78, 5) is 10.9. The first-order chi connectivity index (χ1) is 7.17. The van der Waals surface area contributed by atoms with Gasteiger partial charge in [-0.2, -0.15) is 0 Å². The summed E-state index contributed by atoms with van der Waals surface area (Å²) in [6.07, 6.45) is 2.35. The maximum Gasteiger partial charge on any atom is 0.374 e. The normalized spacial score (nSPS) is 11.9. The van der Waals surface area contributed by atoms with Crippen molar-refractivity contribution in [2.24, 2.45) is 0 Å². The molecule has 0 saturated carbocycles. The summed E-state index contributed by atoms with van der Waals surface area (Å²) < 4.78 is 10.4. The van der Waals surface area contributed by atoms with Crippen LogP contribution in [-0.2, 0) is 14.3 Å². The number of hydrogen-bond acceptors (Lipinski definition) is 3. The SMILES string of the molecule is CCCCO/C(C(=O)O)=C(\CC)OCC. The maximum absolute atomic E-state index is 10.9. The van der Waals surface area contributed by atoms with Crippen molar-refractivity contribution >= 4 is 5.97 Å². The molecule has 0 aliphatic heterocycles. The highest BCUT2D eigenvalue weighted by molar-refractivity contribution is 5.84. The number of aliphatic carboxylic acids is 1. The molecule has 0 rings (SSSR count). The van der Waals surface area contributed by atoms with E-state index >= 15 is 0 Å². The Balaban J connectivity index is 4.50. The van der Waals surface area contributed by atoms with Crippen LogP contribution >= 0.6 is 0 Å². The fourth-order valence-electron chi connectivity index (χ4n) is 1.08. The third kappa shape index (κ3) is 5.30.